The molecule has 0 heterocycles. The van der Waals surface area contributed by atoms with E-state index in [4.69, 9.17) is 28.9 Å². The minimum absolute atomic E-state index is 0.280. The Balaban J connectivity index is 2.10. The fourth-order valence-electron chi connectivity index (χ4n) is 1.63. The van der Waals surface area contributed by atoms with Crippen molar-refractivity contribution < 1.29 is 4.79 Å². The van der Waals surface area contributed by atoms with Crippen LogP contribution in [-0.2, 0) is 6.54 Å². The van der Waals surface area contributed by atoms with Gasteiger partial charge < -0.3 is 11.1 Å². The highest BCUT2D eigenvalue weighted by Gasteiger charge is 2.11. The van der Waals surface area contributed by atoms with E-state index in [1.165, 1.54) is 0 Å². The molecule has 0 saturated carbocycles. The molecule has 0 aliphatic carbocycles. The van der Waals surface area contributed by atoms with E-state index in [0.717, 1.165) is 5.56 Å². The summed E-state index contributed by atoms with van der Waals surface area (Å²) < 4.78 is 0. The van der Waals surface area contributed by atoms with E-state index < -0.39 is 0 Å². The van der Waals surface area contributed by atoms with Crippen molar-refractivity contribution >= 4 is 34.8 Å². The second-order valence-corrected chi connectivity index (χ2v) is 4.83. The normalized spacial score (nSPS) is 10.2. The van der Waals surface area contributed by atoms with E-state index in [1.54, 1.807) is 24.3 Å². The highest BCUT2D eigenvalue weighted by molar-refractivity contribution is 6.34. The number of rotatable bonds is 3. The smallest absolute Gasteiger partial charge is 0.253 e. The van der Waals surface area contributed by atoms with Gasteiger partial charge in [-0.05, 0) is 29.8 Å². The first-order valence-corrected chi connectivity index (χ1v) is 6.40. The largest absolute Gasteiger partial charge is 0.399 e. The summed E-state index contributed by atoms with van der Waals surface area (Å²) in [5, 5.41) is 3.74. The Morgan fingerprint density at radius 1 is 1.11 bits per heavy atom. The van der Waals surface area contributed by atoms with Crippen LogP contribution in [-0.4, -0.2) is 5.91 Å². The average Bonchev–Trinajstić information content (AvgIpc) is 2.40. The molecule has 0 saturated heterocycles. The predicted octanol–water partition coefficient (Wildman–Crippen LogP) is 3.51. The summed E-state index contributed by atoms with van der Waals surface area (Å²) in [6, 6.07) is 12.1. The molecule has 0 bridgehead atoms. The first-order valence-electron chi connectivity index (χ1n) is 5.64. The molecule has 0 aliphatic heterocycles. The molecule has 2 aromatic rings. The number of hydrogen-bond acceptors (Lipinski definition) is 2. The van der Waals surface area contributed by atoms with Crippen molar-refractivity contribution in [3.8, 4) is 0 Å². The van der Waals surface area contributed by atoms with E-state index in [0.29, 0.717) is 27.8 Å². The lowest BCUT2D eigenvalue weighted by Gasteiger charge is -2.08. The van der Waals surface area contributed by atoms with Gasteiger partial charge in [-0.25, -0.2) is 0 Å². The zero-order chi connectivity index (χ0) is 13.8. The number of nitrogens with one attached hydrogen (secondary N) is 1. The fraction of sp³-hybridized carbons (Fsp3) is 0.0714. The molecule has 2 rings (SSSR count). The quantitative estimate of drug-likeness (QED) is 0.851. The maximum atomic E-state index is 12.0. The summed E-state index contributed by atoms with van der Waals surface area (Å²) in [6.45, 7) is 0.337. The van der Waals surface area contributed by atoms with Crippen molar-refractivity contribution in [1.29, 1.82) is 0 Å². The number of carbonyl (C=O) groups is 1. The third-order valence-corrected chi connectivity index (χ3v) is 3.33. The van der Waals surface area contributed by atoms with Crippen LogP contribution in [0.3, 0.4) is 0 Å². The number of anilines is 1. The van der Waals surface area contributed by atoms with Gasteiger partial charge in [0.15, 0.2) is 0 Å². The lowest BCUT2D eigenvalue weighted by molar-refractivity contribution is 0.0951. The van der Waals surface area contributed by atoms with Crippen molar-refractivity contribution in [2.45, 2.75) is 6.54 Å². The van der Waals surface area contributed by atoms with Gasteiger partial charge in [0.05, 0.1) is 10.6 Å². The van der Waals surface area contributed by atoms with Crippen molar-refractivity contribution in [1.82, 2.24) is 5.32 Å². The Hall–Kier alpha value is -1.71. The van der Waals surface area contributed by atoms with Gasteiger partial charge >= 0.3 is 0 Å². The van der Waals surface area contributed by atoms with Crippen LogP contribution in [0.1, 0.15) is 15.9 Å². The molecule has 3 nitrogen and oxygen atoms in total. The lowest BCUT2D eigenvalue weighted by atomic mass is 10.1. The molecule has 0 spiro atoms. The molecule has 3 N–H and O–H groups in total. The fourth-order valence-corrected chi connectivity index (χ4v) is 2.04. The van der Waals surface area contributed by atoms with Gasteiger partial charge in [0.25, 0.3) is 5.91 Å². The average molecular weight is 295 g/mol. The molecule has 19 heavy (non-hydrogen) atoms. The molecule has 0 aromatic heterocycles. The molecular formula is C14H12Cl2N2O. The molecule has 5 heteroatoms. The third kappa shape index (κ3) is 3.40. The predicted molar refractivity (Wildman–Crippen MR) is 78.5 cm³/mol. The van der Waals surface area contributed by atoms with Gasteiger partial charge in [-0.3, -0.25) is 4.79 Å². The van der Waals surface area contributed by atoms with Crippen LogP contribution < -0.4 is 11.1 Å². The molecule has 0 radical (unpaired) electrons. The topological polar surface area (TPSA) is 55.1 Å². The number of carbonyl (C=O) groups excluding carboxylic acids is 1. The summed E-state index contributed by atoms with van der Waals surface area (Å²) in [4.78, 5) is 12.0. The maximum Gasteiger partial charge on any atom is 0.253 e. The molecule has 0 unspecified atom stereocenters. The van der Waals surface area contributed by atoms with Crippen LogP contribution in [0, 0.1) is 0 Å². The van der Waals surface area contributed by atoms with Crippen molar-refractivity contribution in [3.05, 3.63) is 63.6 Å². The SMILES string of the molecule is Nc1ccc(Cl)c(C(=O)NCc2ccccc2Cl)c1. The monoisotopic (exact) mass is 294 g/mol. The van der Waals surface area contributed by atoms with Gasteiger partial charge in [-0.1, -0.05) is 41.4 Å². The highest BCUT2D eigenvalue weighted by Crippen LogP contribution is 2.19. The van der Waals surface area contributed by atoms with Crippen LogP contribution in [0.4, 0.5) is 5.69 Å². The summed E-state index contributed by atoms with van der Waals surface area (Å²) >= 11 is 12.0. The Labute approximate surface area is 121 Å². The number of hydrogen-bond donors (Lipinski definition) is 2. The molecular weight excluding hydrogens is 283 g/mol. The molecule has 0 aliphatic rings. The second-order valence-electron chi connectivity index (χ2n) is 4.01. The maximum absolute atomic E-state index is 12.0. The van der Waals surface area contributed by atoms with Gasteiger partial charge in [-0.2, -0.15) is 0 Å². The molecule has 1 amide bonds. The van der Waals surface area contributed by atoms with Crippen LogP contribution >= 0.6 is 23.2 Å². The molecule has 0 fully saturated rings. The highest BCUT2D eigenvalue weighted by atomic mass is 35.5. The Morgan fingerprint density at radius 2 is 1.84 bits per heavy atom. The Kier molecular flexibility index (Phi) is 4.30. The van der Waals surface area contributed by atoms with Crippen LogP contribution in [0.5, 0.6) is 0 Å². The lowest BCUT2D eigenvalue weighted by Crippen LogP contribution is -2.23. The summed E-state index contributed by atoms with van der Waals surface area (Å²) in [5.41, 5.74) is 7.33. The van der Waals surface area contributed by atoms with Crippen molar-refractivity contribution in [2.24, 2.45) is 0 Å². The first kappa shape index (κ1) is 13.7. The first-order chi connectivity index (χ1) is 9.08. The minimum Gasteiger partial charge on any atom is -0.399 e. The van der Waals surface area contributed by atoms with Gasteiger partial charge in [-0.15, -0.1) is 0 Å². The zero-order valence-electron chi connectivity index (χ0n) is 9.99. The molecule has 0 atom stereocenters. The van der Waals surface area contributed by atoms with E-state index in [9.17, 15) is 4.79 Å². The van der Waals surface area contributed by atoms with Crippen LogP contribution in [0.25, 0.3) is 0 Å². The van der Waals surface area contributed by atoms with Gasteiger partial charge in [0, 0.05) is 17.3 Å². The minimum atomic E-state index is -0.280. The second kappa shape index (κ2) is 5.95. The van der Waals surface area contributed by atoms with E-state index in [1.807, 2.05) is 18.2 Å². The van der Waals surface area contributed by atoms with Gasteiger partial charge in [0.2, 0.25) is 0 Å². The van der Waals surface area contributed by atoms with Gasteiger partial charge in [0.1, 0.15) is 0 Å². The Bertz CT molecular complexity index is 614. The number of amides is 1. The van der Waals surface area contributed by atoms with E-state index in [2.05, 4.69) is 5.32 Å². The van der Waals surface area contributed by atoms with Crippen molar-refractivity contribution in [3.63, 3.8) is 0 Å². The van der Waals surface area contributed by atoms with E-state index >= 15 is 0 Å². The van der Waals surface area contributed by atoms with Crippen LogP contribution in [0.15, 0.2) is 42.5 Å². The number of nitrogens with two attached hydrogens (primary N) is 1. The van der Waals surface area contributed by atoms with Crippen LogP contribution in [0.2, 0.25) is 10.0 Å². The zero-order valence-corrected chi connectivity index (χ0v) is 11.5. The summed E-state index contributed by atoms with van der Waals surface area (Å²) in [6.07, 6.45) is 0. The summed E-state index contributed by atoms with van der Waals surface area (Å²) in [7, 11) is 0. The summed E-state index contributed by atoms with van der Waals surface area (Å²) in [5.74, 6) is -0.280. The molecule has 2 aromatic carbocycles. The standard InChI is InChI=1S/C14H12Cl2N2O/c15-12-4-2-1-3-9(12)8-18-14(19)11-7-10(17)5-6-13(11)16/h1-7H,8,17H2,(H,18,19). The number of nitrogen functional groups attached to an aromatic ring is 1. The van der Waals surface area contributed by atoms with Crippen molar-refractivity contribution in [2.75, 3.05) is 5.73 Å². The van der Waals surface area contributed by atoms with E-state index in [-0.39, 0.29) is 5.91 Å². The third-order valence-electron chi connectivity index (χ3n) is 2.63. The number of halogens is 2. The molecule has 98 valence electrons. The number of benzene rings is 2. The Morgan fingerprint density at radius 3 is 2.58 bits per heavy atom.